The van der Waals surface area contributed by atoms with E-state index in [0.717, 1.165) is 11.8 Å². The molecule has 3 aromatic heterocycles. The summed E-state index contributed by atoms with van der Waals surface area (Å²) in [5.41, 5.74) is 7.72. The SMILES string of the molecule is CC1CCN(c2ccc3c(ccc4c[n+]5c6ccc(N7CCC(C)CC7)cc6ccc5n43)c2)CC1.[I-]. The zero-order valence-corrected chi connectivity index (χ0v) is 23.5. The molecule has 186 valence electrons. The molecule has 2 saturated heterocycles. The third-order valence-electron chi connectivity index (χ3n) is 8.66. The number of halogens is 1. The van der Waals surface area contributed by atoms with E-state index < -0.39 is 0 Å². The van der Waals surface area contributed by atoms with Crippen molar-refractivity contribution in [3.63, 3.8) is 0 Å². The van der Waals surface area contributed by atoms with Gasteiger partial charge in [-0.25, -0.2) is 0 Å². The van der Waals surface area contributed by atoms with E-state index in [-0.39, 0.29) is 24.0 Å². The van der Waals surface area contributed by atoms with Crippen molar-refractivity contribution >= 4 is 44.3 Å². The van der Waals surface area contributed by atoms with Gasteiger partial charge in [0.05, 0.1) is 0 Å². The second kappa shape index (κ2) is 9.40. The molecule has 0 aliphatic carbocycles. The van der Waals surface area contributed by atoms with Crippen LogP contribution in [0.1, 0.15) is 39.5 Å². The molecule has 7 rings (SSSR count). The first kappa shape index (κ1) is 23.8. The Hall–Kier alpha value is -2.54. The molecule has 0 atom stereocenters. The van der Waals surface area contributed by atoms with Crippen molar-refractivity contribution in [1.82, 2.24) is 4.40 Å². The molecule has 2 aliphatic rings. The smallest absolute Gasteiger partial charge is 0.292 e. The molecular formula is C31H35IN4. The first-order valence-corrected chi connectivity index (χ1v) is 13.5. The maximum Gasteiger partial charge on any atom is 0.292 e. The summed E-state index contributed by atoms with van der Waals surface area (Å²) in [6.45, 7) is 9.43. The average molecular weight is 591 g/mol. The first-order chi connectivity index (χ1) is 17.1. The molecule has 2 fully saturated rings. The maximum atomic E-state index is 2.56. The van der Waals surface area contributed by atoms with Crippen LogP contribution in [0.3, 0.4) is 0 Å². The third-order valence-corrected chi connectivity index (χ3v) is 8.66. The fourth-order valence-electron chi connectivity index (χ4n) is 6.26. The number of imidazole rings is 1. The monoisotopic (exact) mass is 590 g/mol. The van der Waals surface area contributed by atoms with E-state index in [4.69, 9.17) is 0 Å². The van der Waals surface area contributed by atoms with E-state index >= 15 is 0 Å². The lowest BCUT2D eigenvalue weighted by Crippen LogP contribution is -3.00. The summed E-state index contributed by atoms with van der Waals surface area (Å²) in [5, 5.41) is 2.61. The number of hydrogen-bond acceptors (Lipinski definition) is 2. The number of anilines is 2. The van der Waals surface area contributed by atoms with Gasteiger partial charge in [-0.3, -0.25) is 0 Å². The van der Waals surface area contributed by atoms with E-state index in [1.165, 1.54) is 96.2 Å². The Morgan fingerprint density at radius 3 is 1.92 bits per heavy atom. The van der Waals surface area contributed by atoms with Gasteiger partial charge in [0.25, 0.3) is 5.65 Å². The van der Waals surface area contributed by atoms with Gasteiger partial charge < -0.3 is 33.8 Å². The lowest BCUT2D eigenvalue weighted by molar-refractivity contribution is -0.479. The highest BCUT2D eigenvalue weighted by molar-refractivity contribution is 5.88. The fraction of sp³-hybridized carbons (Fsp3) is 0.387. The fourth-order valence-corrected chi connectivity index (χ4v) is 6.26. The zero-order valence-electron chi connectivity index (χ0n) is 21.3. The molecule has 0 spiro atoms. The highest BCUT2D eigenvalue weighted by Crippen LogP contribution is 2.29. The van der Waals surface area contributed by atoms with Crippen molar-refractivity contribution < 1.29 is 28.4 Å². The molecule has 0 bridgehead atoms. The molecule has 4 nitrogen and oxygen atoms in total. The molecule has 5 heteroatoms. The summed E-state index contributed by atoms with van der Waals surface area (Å²) in [6.07, 6.45) is 7.47. The highest BCUT2D eigenvalue weighted by atomic mass is 127. The number of piperidine rings is 2. The maximum absolute atomic E-state index is 2.56. The molecule has 5 heterocycles. The van der Waals surface area contributed by atoms with Gasteiger partial charge >= 0.3 is 0 Å². The Labute approximate surface area is 230 Å². The van der Waals surface area contributed by atoms with Crippen LogP contribution in [-0.4, -0.2) is 30.6 Å². The Bertz CT molecular complexity index is 1560. The van der Waals surface area contributed by atoms with Crippen LogP contribution in [-0.2, 0) is 0 Å². The minimum Gasteiger partial charge on any atom is -1.00 e. The minimum absolute atomic E-state index is 0. The number of fused-ring (bicyclic) bond motifs is 7. The van der Waals surface area contributed by atoms with Crippen molar-refractivity contribution in [3.8, 4) is 0 Å². The number of aromatic nitrogens is 2. The number of nitrogens with zero attached hydrogens (tertiary/aromatic N) is 4. The normalized spacial score (nSPS) is 17.9. The van der Waals surface area contributed by atoms with E-state index in [9.17, 15) is 0 Å². The second-order valence-corrected chi connectivity index (χ2v) is 11.1. The predicted molar refractivity (Wildman–Crippen MR) is 147 cm³/mol. The van der Waals surface area contributed by atoms with Crippen LogP contribution in [0.25, 0.3) is 33.0 Å². The Morgan fingerprint density at radius 2 is 1.25 bits per heavy atom. The number of pyridine rings is 2. The van der Waals surface area contributed by atoms with Crippen LogP contribution < -0.4 is 38.2 Å². The summed E-state index contributed by atoms with van der Waals surface area (Å²) in [4.78, 5) is 5.11. The highest BCUT2D eigenvalue weighted by Gasteiger charge is 2.21. The van der Waals surface area contributed by atoms with Crippen LogP contribution in [0, 0.1) is 11.8 Å². The van der Waals surface area contributed by atoms with Gasteiger partial charge in [-0.1, -0.05) is 13.8 Å². The molecule has 5 aromatic rings. The summed E-state index contributed by atoms with van der Waals surface area (Å²) in [5.74, 6) is 1.70. The average Bonchev–Trinajstić information content (AvgIpc) is 3.28. The summed E-state index contributed by atoms with van der Waals surface area (Å²) in [7, 11) is 0. The van der Waals surface area contributed by atoms with Gasteiger partial charge in [0.1, 0.15) is 17.2 Å². The molecular weight excluding hydrogens is 555 g/mol. The van der Waals surface area contributed by atoms with E-state index in [0.29, 0.717) is 0 Å². The third kappa shape index (κ3) is 4.00. The second-order valence-electron chi connectivity index (χ2n) is 11.1. The van der Waals surface area contributed by atoms with Crippen molar-refractivity contribution in [2.45, 2.75) is 39.5 Å². The van der Waals surface area contributed by atoms with Gasteiger partial charge in [-0.15, -0.1) is 0 Å². The molecule has 36 heavy (non-hydrogen) atoms. The molecule has 0 unspecified atom stereocenters. The van der Waals surface area contributed by atoms with Crippen molar-refractivity contribution in [1.29, 1.82) is 0 Å². The lowest BCUT2D eigenvalue weighted by Gasteiger charge is -2.32. The minimum atomic E-state index is 0. The molecule has 2 aliphatic heterocycles. The van der Waals surface area contributed by atoms with Crippen molar-refractivity contribution in [2.24, 2.45) is 11.8 Å². The van der Waals surface area contributed by atoms with Gasteiger partial charge in [0, 0.05) is 54.4 Å². The van der Waals surface area contributed by atoms with Crippen molar-refractivity contribution in [3.05, 3.63) is 66.9 Å². The Morgan fingerprint density at radius 1 is 0.667 bits per heavy atom. The van der Waals surface area contributed by atoms with E-state index in [2.05, 4.69) is 99.3 Å². The van der Waals surface area contributed by atoms with Gasteiger partial charge in [0.15, 0.2) is 5.52 Å². The topological polar surface area (TPSA) is 15.0 Å². The molecule has 0 amide bonds. The van der Waals surface area contributed by atoms with E-state index in [1.807, 2.05) is 0 Å². The molecule has 0 saturated carbocycles. The largest absolute Gasteiger partial charge is 1.00 e. The summed E-state index contributed by atoms with van der Waals surface area (Å²) < 4.78 is 4.78. The van der Waals surface area contributed by atoms with E-state index in [1.54, 1.807) is 0 Å². The first-order valence-electron chi connectivity index (χ1n) is 13.5. The quantitative estimate of drug-likeness (QED) is 0.231. The lowest BCUT2D eigenvalue weighted by atomic mass is 9.98. The predicted octanol–water partition coefficient (Wildman–Crippen LogP) is 3.46. The molecule has 2 aromatic carbocycles. The zero-order chi connectivity index (χ0) is 23.5. The number of hydrogen-bond donors (Lipinski definition) is 0. The Kier molecular flexibility index (Phi) is 6.22. The van der Waals surface area contributed by atoms with Crippen LogP contribution in [0.2, 0.25) is 0 Å². The Balaban J connectivity index is 0.00000240. The summed E-state index contributed by atoms with van der Waals surface area (Å²) in [6, 6.07) is 23.2. The molecule has 0 radical (unpaired) electrons. The van der Waals surface area contributed by atoms with Gasteiger partial charge in [-0.05, 0) is 92.1 Å². The van der Waals surface area contributed by atoms with Crippen LogP contribution in [0.15, 0.2) is 66.9 Å². The van der Waals surface area contributed by atoms with Crippen LogP contribution in [0.4, 0.5) is 11.4 Å². The van der Waals surface area contributed by atoms with Gasteiger partial charge in [0.2, 0.25) is 0 Å². The van der Waals surface area contributed by atoms with Gasteiger partial charge in [-0.2, -0.15) is 8.80 Å². The van der Waals surface area contributed by atoms with Crippen molar-refractivity contribution in [2.75, 3.05) is 36.0 Å². The number of rotatable bonds is 2. The van der Waals surface area contributed by atoms with Crippen LogP contribution in [0.5, 0.6) is 0 Å². The number of benzene rings is 2. The van der Waals surface area contributed by atoms with Crippen LogP contribution >= 0.6 is 0 Å². The molecule has 0 N–H and O–H groups in total. The summed E-state index contributed by atoms with van der Waals surface area (Å²) >= 11 is 0. The standard InChI is InChI=1S/C31H35N4.HI/c1-22-11-15-32(16-12-22)26-6-8-29-24(19-26)4-10-31-34(29)21-28-5-3-25-20-27(7-9-30(25)35(28)31)33-17-13-23(2)14-18-33;/h3-10,19-23H,11-18H2,1-2H3;1H/q+1;/p-1.